The molecule has 0 radical (unpaired) electrons. The Balaban J connectivity index is 1.25. The van der Waals surface area contributed by atoms with Crippen LogP contribution >= 0.6 is 0 Å². The lowest BCUT2D eigenvalue weighted by Crippen LogP contribution is -2.43. The fraction of sp³-hybridized carbons (Fsp3) is 0.414. The van der Waals surface area contributed by atoms with Crippen LogP contribution in [0.25, 0.3) is 5.69 Å². The van der Waals surface area contributed by atoms with Crippen LogP contribution < -0.4 is 10.1 Å². The van der Waals surface area contributed by atoms with E-state index >= 15 is 0 Å². The first-order valence-corrected chi connectivity index (χ1v) is 13.4. The Hall–Kier alpha value is -4.05. The first-order chi connectivity index (χ1) is 18.8. The first-order valence-electron chi connectivity index (χ1n) is 13.4. The molecule has 2 aliphatic rings. The summed E-state index contributed by atoms with van der Waals surface area (Å²) in [5.74, 6) is 0.860. The van der Waals surface area contributed by atoms with E-state index in [1.807, 2.05) is 65.1 Å². The summed E-state index contributed by atoms with van der Waals surface area (Å²) in [4.78, 5) is 34.4. The van der Waals surface area contributed by atoms with Gasteiger partial charge in [0.1, 0.15) is 11.9 Å². The molecule has 10 nitrogen and oxygen atoms in total. The number of urea groups is 1. The number of ether oxygens (including phenoxy) is 1. The number of anilines is 1. The van der Waals surface area contributed by atoms with Gasteiger partial charge in [0, 0.05) is 76.2 Å². The van der Waals surface area contributed by atoms with E-state index in [-0.39, 0.29) is 18.2 Å². The van der Waals surface area contributed by atoms with E-state index in [0.717, 1.165) is 54.2 Å². The highest BCUT2D eigenvalue weighted by atomic mass is 16.5. The van der Waals surface area contributed by atoms with Crippen molar-refractivity contribution < 1.29 is 19.4 Å². The third-order valence-corrected chi connectivity index (χ3v) is 7.52. The number of imidazole rings is 1. The number of hydrogen-bond acceptors (Lipinski definition) is 5. The summed E-state index contributed by atoms with van der Waals surface area (Å²) in [7, 11) is 1.63. The molecule has 1 aromatic heterocycles. The Morgan fingerprint density at radius 1 is 1.10 bits per heavy atom. The van der Waals surface area contributed by atoms with Crippen LogP contribution in [0.1, 0.15) is 30.5 Å². The predicted octanol–water partition coefficient (Wildman–Crippen LogP) is 4.44. The molecule has 3 amide bonds. The highest BCUT2D eigenvalue weighted by Crippen LogP contribution is 2.24. The maximum absolute atomic E-state index is 13.2. The molecule has 39 heavy (non-hydrogen) atoms. The van der Waals surface area contributed by atoms with Crippen molar-refractivity contribution in [1.29, 1.82) is 0 Å². The molecule has 0 saturated carbocycles. The van der Waals surface area contributed by atoms with E-state index in [4.69, 9.17) is 4.74 Å². The summed E-state index contributed by atoms with van der Waals surface area (Å²) < 4.78 is 8.03. The lowest BCUT2D eigenvalue weighted by Gasteiger charge is -2.32. The summed E-state index contributed by atoms with van der Waals surface area (Å²) >= 11 is 0. The minimum absolute atomic E-state index is 0.0186. The Morgan fingerprint density at radius 3 is 2.56 bits per heavy atom. The summed E-state index contributed by atoms with van der Waals surface area (Å²) in [6.45, 7) is 5.36. The Bertz CT molecular complexity index is 1290. The SMILES string of the molecule is Cc1cn(-c2cc(CN3CCC(N(C)C(=O)O)C3)cc(NC(=O)N3CCC(Oc4ccccc4)CC3)c2)cn1. The standard InChI is InChI=1S/C29H36N6O4/c1-21-17-35(20-30-21)25-15-22(18-33-11-8-24(19-33)32(2)29(37)38)14-23(16-25)31-28(36)34-12-9-27(10-13-34)39-26-6-4-3-5-7-26/h3-7,14-17,20,24,27H,8-13,18-19H2,1-2H3,(H,31,36)(H,37,38). The molecule has 5 rings (SSSR count). The Kier molecular flexibility index (Phi) is 8.02. The Labute approximate surface area is 228 Å². The average Bonchev–Trinajstić information content (AvgIpc) is 3.58. The van der Waals surface area contributed by atoms with E-state index in [1.54, 1.807) is 13.4 Å². The highest BCUT2D eigenvalue weighted by molar-refractivity contribution is 5.90. The molecular weight excluding hydrogens is 496 g/mol. The highest BCUT2D eigenvalue weighted by Gasteiger charge is 2.28. The van der Waals surface area contributed by atoms with Crippen molar-refractivity contribution in [3.8, 4) is 11.4 Å². The van der Waals surface area contributed by atoms with Crippen molar-refractivity contribution in [3.05, 3.63) is 72.3 Å². The van der Waals surface area contributed by atoms with Gasteiger partial charge in [-0.3, -0.25) is 4.90 Å². The van der Waals surface area contributed by atoms with Crippen LogP contribution in [0.2, 0.25) is 0 Å². The number of hydrogen-bond donors (Lipinski definition) is 2. The number of aromatic nitrogens is 2. The van der Waals surface area contributed by atoms with Gasteiger partial charge >= 0.3 is 12.1 Å². The number of nitrogens with zero attached hydrogens (tertiary/aromatic N) is 5. The third kappa shape index (κ3) is 6.69. The quantitative estimate of drug-likeness (QED) is 0.466. The summed E-state index contributed by atoms with van der Waals surface area (Å²) in [5.41, 5.74) is 3.59. The maximum atomic E-state index is 13.2. The molecule has 2 N–H and O–H groups in total. The molecule has 2 aromatic carbocycles. The average molecular weight is 533 g/mol. The number of benzene rings is 2. The summed E-state index contributed by atoms with van der Waals surface area (Å²) in [6, 6.07) is 15.7. The number of likely N-dealkylation sites (N-methyl/N-ethyl adjacent to an activating group) is 1. The van der Waals surface area contributed by atoms with Crippen molar-refractivity contribution >= 4 is 17.8 Å². The molecule has 0 aliphatic carbocycles. The van der Waals surface area contributed by atoms with Crippen LogP contribution in [0.5, 0.6) is 5.75 Å². The van der Waals surface area contributed by atoms with Crippen LogP contribution in [0, 0.1) is 6.92 Å². The van der Waals surface area contributed by atoms with Crippen molar-refractivity contribution in [2.24, 2.45) is 0 Å². The number of carbonyl (C=O) groups excluding carboxylic acids is 1. The largest absolute Gasteiger partial charge is 0.490 e. The second-order valence-electron chi connectivity index (χ2n) is 10.4. The van der Waals surface area contributed by atoms with Gasteiger partial charge in [-0.05, 0) is 49.2 Å². The van der Waals surface area contributed by atoms with Gasteiger partial charge in [-0.1, -0.05) is 18.2 Å². The van der Waals surface area contributed by atoms with Gasteiger partial charge < -0.3 is 29.5 Å². The molecule has 2 fully saturated rings. The molecule has 1 unspecified atom stereocenters. The number of para-hydroxylation sites is 1. The van der Waals surface area contributed by atoms with Crippen molar-refractivity contribution in [2.45, 2.75) is 44.9 Å². The second-order valence-corrected chi connectivity index (χ2v) is 10.4. The molecular formula is C29H36N6O4. The zero-order valence-corrected chi connectivity index (χ0v) is 22.5. The zero-order chi connectivity index (χ0) is 27.4. The first kappa shape index (κ1) is 26.6. The fourth-order valence-electron chi connectivity index (χ4n) is 5.31. The zero-order valence-electron chi connectivity index (χ0n) is 22.5. The normalized spacial score (nSPS) is 18.2. The number of aryl methyl sites for hydroxylation is 1. The van der Waals surface area contributed by atoms with Crippen LogP contribution in [-0.2, 0) is 6.54 Å². The predicted molar refractivity (Wildman–Crippen MR) is 148 cm³/mol. The van der Waals surface area contributed by atoms with E-state index in [2.05, 4.69) is 21.3 Å². The van der Waals surface area contributed by atoms with E-state index in [0.29, 0.717) is 26.2 Å². The molecule has 2 aliphatic heterocycles. The van der Waals surface area contributed by atoms with Gasteiger partial charge in [0.2, 0.25) is 0 Å². The molecule has 206 valence electrons. The van der Waals surface area contributed by atoms with Gasteiger partial charge in [-0.25, -0.2) is 14.6 Å². The van der Waals surface area contributed by atoms with Gasteiger partial charge in [-0.2, -0.15) is 0 Å². The minimum atomic E-state index is -0.903. The lowest BCUT2D eigenvalue weighted by molar-refractivity contribution is 0.115. The number of amides is 3. The van der Waals surface area contributed by atoms with Crippen LogP contribution in [-0.4, -0.2) is 86.9 Å². The summed E-state index contributed by atoms with van der Waals surface area (Å²) in [5, 5.41) is 12.4. The maximum Gasteiger partial charge on any atom is 0.407 e. The lowest BCUT2D eigenvalue weighted by atomic mass is 10.1. The van der Waals surface area contributed by atoms with E-state index in [1.165, 1.54) is 4.90 Å². The number of likely N-dealkylation sites (tertiary alicyclic amines) is 2. The molecule has 0 bridgehead atoms. The van der Waals surface area contributed by atoms with Crippen molar-refractivity contribution in [3.63, 3.8) is 0 Å². The molecule has 10 heteroatoms. The van der Waals surface area contributed by atoms with E-state index in [9.17, 15) is 14.7 Å². The monoisotopic (exact) mass is 532 g/mol. The Morgan fingerprint density at radius 2 is 1.87 bits per heavy atom. The van der Waals surface area contributed by atoms with Crippen LogP contribution in [0.15, 0.2) is 61.1 Å². The van der Waals surface area contributed by atoms with Gasteiger partial charge in [0.25, 0.3) is 0 Å². The van der Waals surface area contributed by atoms with Crippen molar-refractivity contribution in [1.82, 2.24) is 24.3 Å². The topological polar surface area (TPSA) is 103 Å². The third-order valence-electron chi connectivity index (χ3n) is 7.52. The number of nitrogens with one attached hydrogen (secondary N) is 1. The number of rotatable bonds is 7. The van der Waals surface area contributed by atoms with Crippen LogP contribution in [0.4, 0.5) is 15.3 Å². The smallest absolute Gasteiger partial charge is 0.407 e. The minimum Gasteiger partial charge on any atom is -0.490 e. The van der Waals surface area contributed by atoms with Gasteiger partial charge in [0.05, 0.1) is 12.0 Å². The fourth-order valence-corrected chi connectivity index (χ4v) is 5.31. The molecule has 2 saturated heterocycles. The molecule has 3 heterocycles. The van der Waals surface area contributed by atoms with E-state index < -0.39 is 6.09 Å². The molecule has 0 spiro atoms. The van der Waals surface area contributed by atoms with Crippen LogP contribution in [0.3, 0.4) is 0 Å². The number of carboxylic acid groups (broad SMARTS) is 1. The number of piperidine rings is 1. The van der Waals surface area contributed by atoms with Gasteiger partial charge in [-0.15, -0.1) is 0 Å². The number of carbonyl (C=O) groups is 2. The molecule has 1 atom stereocenters. The molecule has 3 aromatic rings. The van der Waals surface area contributed by atoms with Gasteiger partial charge in [0.15, 0.2) is 0 Å². The van der Waals surface area contributed by atoms with Crippen molar-refractivity contribution in [2.75, 3.05) is 38.5 Å². The second kappa shape index (κ2) is 11.8. The summed E-state index contributed by atoms with van der Waals surface area (Å²) in [6.07, 6.45) is 5.28.